The summed E-state index contributed by atoms with van der Waals surface area (Å²) in [5, 5.41) is 6.64. The fourth-order valence-electron chi connectivity index (χ4n) is 2.95. The van der Waals surface area contributed by atoms with E-state index in [1.165, 1.54) is 6.07 Å². The number of nitrogens with one attached hydrogen (secondary N) is 2. The van der Waals surface area contributed by atoms with E-state index in [0.29, 0.717) is 23.0 Å². The molecule has 1 fully saturated rings. The molecular formula is C18H29BrFIN4O. The van der Waals surface area contributed by atoms with E-state index in [-0.39, 0.29) is 29.8 Å². The molecule has 5 nitrogen and oxygen atoms in total. The van der Waals surface area contributed by atoms with Crippen molar-refractivity contribution < 1.29 is 9.13 Å². The smallest absolute Gasteiger partial charge is 0.191 e. The van der Waals surface area contributed by atoms with Gasteiger partial charge in [0.05, 0.1) is 17.7 Å². The Morgan fingerprint density at radius 1 is 1.31 bits per heavy atom. The molecule has 1 heterocycles. The molecule has 8 heteroatoms. The molecule has 0 radical (unpaired) electrons. The van der Waals surface area contributed by atoms with E-state index in [1.807, 2.05) is 6.07 Å². The van der Waals surface area contributed by atoms with Gasteiger partial charge in [-0.05, 0) is 39.5 Å². The SMILES string of the molecule is CN=C(NCc1ccc(Br)c(F)c1)NCC(C(C)C)N1CCOCC1.I. The second-order valence-corrected chi connectivity index (χ2v) is 7.37. The van der Waals surface area contributed by atoms with E-state index >= 15 is 0 Å². The van der Waals surface area contributed by atoms with Crippen LogP contribution in [-0.4, -0.2) is 56.8 Å². The first-order chi connectivity index (χ1) is 12.0. The van der Waals surface area contributed by atoms with Gasteiger partial charge in [-0.15, -0.1) is 24.0 Å². The second-order valence-electron chi connectivity index (χ2n) is 6.51. The summed E-state index contributed by atoms with van der Waals surface area (Å²) < 4.78 is 19.5. The van der Waals surface area contributed by atoms with Crippen molar-refractivity contribution in [3.8, 4) is 0 Å². The quantitative estimate of drug-likeness (QED) is 0.329. The number of morpholine rings is 1. The summed E-state index contributed by atoms with van der Waals surface area (Å²) in [4.78, 5) is 6.74. The summed E-state index contributed by atoms with van der Waals surface area (Å²) in [7, 11) is 1.75. The van der Waals surface area contributed by atoms with Gasteiger partial charge in [0, 0.05) is 39.3 Å². The molecular weight excluding hydrogens is 514 g/mol. The van der Waals surface area contributed by atoms with Crippen molar-refractivity contribution in [2.45, 2.75) is 26.4 Å². The van der Waals surface area contributed by atoms with Gasteiger partial charge in [0.15, 0.2) is 5.96 Å². The van der Waals surface area contributed by atoms with Crippen molar-refractivity contribution in [3.05, 3.63) is 34.1 Å². The van der Waals surface area contributed by atoms with Gasteiger partial charge in [-0.1, -0.05) is 19.9 Å². The number of guanidine groups is 1. The molecule has 0 aliphatic carbocycles. The van der Waals surface area contributed by atoms with Crippen molar-refractivity contribution in [2.24, 2.45) is 10.9 Å². The molecule has 1 aromatic carbocycles. The highest BCUT2D eigenvalue weighted by Gasteiger charge is 2.23. The van der Waals surface area contributed by atoms with Crippen LogP contribution in [0.25, 0.3) is 0 Å². The van der Waals surface area contributed by atoms with Gasteiger partial charge < -0.3 is 15.4 Å². The first-order valence-electron chi connectivity index (χ1n) is 8.71. The van der Waals surface area contributed by atoms with Crippen LogP contribution in [0.5, 0.6) is 0 Å². The fraction of sp³-hybridized carbons (Fsp3) is 0.611. The van der Waals surface area contributed by atoms with Crippen molar-refractivity contribution in [2.75, 3.05) is 39.9 Å². The van der Waals surface area contributed by atoms with E-state index in [0.717, 1.165) is 44.4 Å². The Labute approximate surface area is 181 Å². The average Bonchev–Trinajstić information content (AvgIpc) is 2.61. The normalized spacial score (nSPS) is 16.9. The van der Waals surface area contributed by atoms with E-state index in [9.17, 15) is 4.39 Å². The van der Waals surface area contributed by atoms with Crippen LogP contribution < -0.4 is 10.6 Å². The zero-order valence-corrected chi connectivity index (χ0v) is 19.5. The number of hydrogen-bond donors (Lipinski definition) is 2. The fourth-order valence-corrected chi connectivity index (χ4v) is 3.20. The maximum atomic E-state index is 13.6. The monoisotopic (exact) mass is 542 g/mol. The van der Waals surface area contributed by atoms with Crippen LogP contribution in [0.4, 0.5) is 4.39 Å². The molecule has 1 atom stereocenters. The molecule has 26 heavy (non-hydrogen) atoms. The van der Waals surface area contributed by atoms with Gasteiger partial charge in [-0.25, -0.2) is 4.39 Å². The zero-order chi connectivity index (χ0) is 18.2. The van der Waals surface area contributed by atoms with E-state index < -0.39 is 0 Å². The van der Waals surface area contributed by atoms with Gasteiger partial charge in [0.25, 0.3) is 0 Å². The van der Waals surface area contributed by atoms with Crippen LogP contribution in [-0.2, 0) is 11.3 Å². The summed E-state index contributed by atoms with van der Waals surface area (Å²) in [5.41, 5.74) is 0.872. The Kier molecular flexibility index (Phi) is 11.0. The van der Waals surface area contributed by atoms with Gasteiger partial charge in [0.2, 0.25) is 0 Å². The predicted octanol–water partition coefficient (Wildman–Crippen LogP) is 3.23. The van der Waals surface area contributed by atoms with Crippen LogP contribution in [0.1, 0.15) is 19.4 Å². The third-order valence-electron chi connectivity index (χ3n) is 4.43. The number of ether oxygens (including phenoxy) is 1. The topological polar surface area (TPSA) is 48.9 Å². The molecule has 0 spiro atoms. The summed E-state index contributed by atoms with van der Waals surface area (Å²) in [6, 6.07) is 5.55. The van der Waals surface area contributed by atoms with Crippen LogP contribution in [0.15, 0.2) is 27.7 Å². The highest BCUT2D eigenvalue weighted by molar-refractivity contribution is 14.0. The molecule has 1 aliphatic rings. The molecule has 0 saturated carbocycles. The number of halogens is 3. The molecule has 2 N–H and O–H groups in total. The molecule has 0 amide bonds. The second kappa shape index (κ2) is 12.1. The Bertz CT molecular complexity index is 582. The molecule has 1 aliphatic heterocycles. The number of nitrogens with zero attached hydrogens (tertiary/aromatic N) is 2. The van der Waals surface area contributed by atoms with E-state index in [4.69, 9.17) is 4.74 Å². The van der Waals surface area contributed by atoms with Gasteiger partial charge >= 0.3 is 0 Å². The van der Waals surface area contributed by atoms with Crippen molar-refractivity contribution in [3.63, 3.8) is 0 Å². The lowest BCUT2D eigenvalue weighted by Gasteiger charge is -2.37. The predicted molar refractivity (Wildman–Crippen MR) is 119 cm³/mol. The maximum absolute atomic E-state index is 13.6. The van der Waals surface area contributed by atoms with E-state index in [1.54, 1.807) is 13.1 Å². The largest absolute Gasteiger partial charge is 0.379 e. The third kappa shape index (κ3) is 7.28. The summed E-state index contributed by atoms with van der Waals surface area (Å²) in [6.45, 7) is 9.34. The highest BCUT2D eigenvalue weighted by Crippen LogP contribution is 2.16. The maximum Gasteiger partial charge on any atom is 0.191 e. The van der Waals surface area contributed by atoms with Crippen LogP contribution in [0.2, 0.25) is 0 Å². The minimum absolute atomic E-state index is 0. The lowest BCUT2D eigenvalue weighted by molar-refractivity contribution is 0.00752. The summed E-state index contributed by atoms with van der Waals surface area (Å²) in [6.07, 6.45) is 0. The summed E-state index contributed by atoms with van der Waals surface area (Å²) in [5.74, 6) is 1.00. The zero-order valence-electron chi connectivity index (χ0n) is 15.6. The lowest BCUT2D eigenvalue weighted by Crippen LogP contribution is -2.52. The van der Waals surface area contributed by atoms with Crippen molar-refractivity contribution >= 4 is 45.9 Å². The molecule has 1 saturated heterocycles. The molecule has 0 aromatic heterocycles. The molecule has 1 unspecified atom stereocenters. The van der Waals surface area contributed by atoms with Gasteiger partial charge in [-0.3, -0.25) is 9.89 Å². The van der Waals surface area contributed by atoms with Crippen LogP contribution >= 0.6 is 39.9 Å². The summed E-state index contributed by atoms with van der Waals surface area (Å²) >= 11 is 3.17. The van der Waals surface area contributed by atoms with Crippen LogP contribution in [0, 0.1) is 11.7 Å². The lowest BCUT2D eigenvalue weighted by atomic mass is 10.0. The number of benzene rings is 1. The Hall–Kier alpha value is -0.450. The van der Waals surface area contributed by atoms with Crippen molar-refractivity contribution in [1.29, 1.82) is 0 Å². The third-order valence-corrected chi connectivity index (χ3v) is 5.07. The molecule has 0 bridgehead atoms. The van der Waals surface area contributed by atoms with Gasteiger partial charge in [0.1, 0.15) is 5.82 Å². The number of hydrogen-bond acceptors (Lipinski definition) is 3. The minimum Gasteiger partial charge on any atom is -0.379 e. The first-order valence-corrected chi connectivity index (χ1v) is 9.50. The Balaban J connectivity index is 0.00000338. The highest BCUT2D eigenvalue weighted by atomic mass is 127. The van der Waals surface area contributed by atoms with Gasteiger partial charge in [-0.2, -0.15) is 0 Å². The Morgan fingerprint density at radius 3 is 2.58 bits per heavy atom. The molecule has 2 rings (SSSR count). The number of aliphatic imine (C=N–C) groups is 1. The average molecular weight is 543 g/mol. The first kappa shape index (κ1) is 23.6. The van der Waals surface area contributed by atoms with E-state index in [2.05, 4.69) is 50.3 Å². The minimum atomic E-state index is -0.255. The van der Waals surface area contributed by atoms with Crippen molar-refractivity contribution in [1.82, 2.24) is 15.5 Å². The van der Waals surface area contributed by atoms with Crippen LogP contribution in [0.3, 0.4) is 0 Å². The Morgan fingerprint density at radius 2 is 2.00 bits per heavy atom. The molecule has 1 aromatic rings. The molecule has 148 valence electrons. The standard InChI is InChI=1S/C18H28BrFN4O.HI/c1-13(2)17(24-6-8-25-9-7-24)12-23-18(21-3)22-11-14-4-5-15(19)16(20)10-14;/h4-5,10,13,17H,6-9,11-12H2,1-3H3,(H2,21,22,23);1H. The number of rotatable bonds is 6.